The molecule has 0 unspecified atom stereocenters. The Bertz CT molecular complexity index is 715. The van der Waals surface area contributed by atoms with Gasteiger partial charge in [0, 0.05) is 43.5 Å². The number of hydrogen-bond donors (Lipinski definition) is 2. The zero-order chi connectivity index (χ0) is 19.1. The van der Waals surface area contributed by atoms with Crippen molar-refractivity contribution < 1.29 is 9.59 Å². The molecule has 1 aromatic heterocycles. The maximum absolute atomic E-state index is 13.4. The van der Waals surface area contributed by atoms with Gasteiger partial charge in [0.1, 0.15) is 0 Å². The fourth-order valence-corrected chi connectivity index (χ4v) is 6.58. The smallest absolute Gasteiger partial charge is 0.318 e. The number of carbonyl (C=O) groups is 2. The first-order chi connectivity index (χ1) is 13.6. The monoisotopic (exact) mass is 382 g/mol. The summed E-state index contributed by atoms with van der Waals surface area (Å²) in [6.45, 7) is 1.11. The Morgan fingerprint density at radius 2 is 1.79 bits per heavy atom. The lowest BCUT2D eigenvalue weighted by Crippen LogP contribution is -2.62. The van der Waals surface area contributed by atoms with Crippen LogP contribution in [0.15, 0.2) is 24.5 Å². The van der Waals surface area contributed by atoms with E-state index in [1.54, 1.807) is 12.4 Å². The SMILES string of the molecule is O=C1CC[C@@H](CN(Cc2ccncc2)C(=O)NC23CC4CC(CC(C4)C2)C3)N1. The van der Waals surface area contributed by atoms with Crippen LogP contribution in [0, 0.1) is 17.8 Å². The van der Waals surface area contributed by atoms with Gasteiger partial charge in [0.15, 0.2) is 0 Å². The lowest BCUT2D eigenvalue weighted by Gasteiger charge is -2.57. The van der Waals surface area contributed by atoms with E-state index in [2.05, 4.69) is 15.6 Å². The topological polar surface area (TPSA) is 74.3 Å². The van der Waals surface area contributed by atoms with Gasteiger partial charge in [-0.1, -0.05) is 0 Å². The molecular weight excluding hydrogens is 352 g/mol. The van der Waals surface area contributed by atoms with Crippen molar-refractivity contribution in [2.75, 3.05) is 6.54 Å². The Morgan fingerprint density at radius 1 is 1.14 bits per heavy atom. The number of rotatable bonds is 5. The molecule has 5 fully saturated rings. The van der Waals surface area contributed by atoms with Crippen molar-refractivity contribution in [1.29, 1.82) is 0 Å². The third kappa shape index (κ3) is 3.61. The van der Waals surface area contributed by atoms with E-state index in [-0.39, 0.29) is 23.5 Å². The van der Waals surface area contributed by atoms with E-state index in [1.807, 2.05) is 17.0 Å². The molecular formula is C22H30N4O2. The normalized spacial score (nSPS) is 35.6. The maximum Gasteiger partial charge on any atom is 0.318 e. The summed E-state index contributed by atoms with van der Waals surface area (Å²) >= 11 is 0. The van der Waals surface area contributed by atoms with Crippen molar-refractivity contribution in [3.8, 4) is 0 Å². The van der Waals surface area contributed by atoms with Crippen molar-refractivity contribution in [3.63, 3.8) is 0 Å². The summed E-state index contributed by atoms with van der Waals surface area (Å²) in [7, 11) is 0. The van der Waals surface area contributed by atoms with Crippen LogP contribution in [0.1, 0.15) is 56.9 Å². The number of urea groups is 1. The van der Waals surface area contributed by atoms with E-state index >= 15 is 0 Å². The number of nitrogens with zero attached hydrogens (tertiary/aromatic N) is 2. The van der Waals surface area contributed by atoms with Crippen LogP contribution in [-0.4, -0.2) is 39.9 Å². The van der Waals surface area contributed by atoms with Gasteiger partial charge in [-0.2, -0.15) is 0 Å². The largest absolute Gasteiger partial charge is 0.352 e. The second-order valence-electron chi connectivity index (χ2n) is 9.67. The molecule has 1 saturated heterocycles. The average molecular weight is 383 g/mol. The van der Waals surface area contributed by atoms with E-state index in [4.69, 9.17) is 0 Å². The van der Waals surface area contributed by atoms with Gasteiger partial charge in [0.25, 0.3) is 0 Å². The van der Waals surface area contributed by atoms with Crippen molar-refractivity contribution in [2.45, 2.75) is 69.5 Å². The molecule has 6 nitrogen and oxygen atoms in total. The summed E-state index contributed by atoms with van der Waals surface area (Å²) in [6.07, 6.45) is 12.4. The number of amides is 3. The zero-order valence-corrected chi connectivity index (χ0v) is 16.4. The highest BCUT2D eigenvalue weighted by Gasteiger charge is 2.51. The second-order valence-corrected chi connectivity index (χ2v) is 9.67. The van der Waals surface area contributed by atoms with Gasteiger partial charge in [-0.3, -0.25) is 9.78 Å². The minimum atomic E-state index is 0.00124. The molecule has 4 aliphatic carbocycles. The molecule has 2 heterocycles. The molecule has 0 spiro atoms. The first-order valence-corrected chi connectivity index (χ1v) is 10.8. The third-order valence-corrected chi connectivity index (χ3v) is 7.35. The molecule has 0 aromatic carbocycles. The Kier molecular flexibility index (Phi) is 4.52. The highest BCUT2D eigenvalue weighted by atomic mass is 16.2. The molecule has 0 radical (unpaired) electrons. The average Bonchev–Trinajstić information content (AvgIpc) is 3.05. The molecule has 3 amide bonds. The Hall–Kier alpha value is -2.11. The lowest BCUT2D eigenvalue weighted by molar-refractivity contribution is -0.119. The molecule has 150 valence electrons. The zero-order valence-electron chi connectivity index (χ0n) is 16.4. The molecule has 1 aromatic rings. The van der Waals surface area contributed by atoms with Gasteiger partial charge in [0.05, 0.1) is 0 Å². The van der Waals surface area contributed by atoms with E-state index in [0.29, 0.717) is 19.5 Å². The molecule has 4 saturated carbocycles. The molecule has 6 rings (SSSR count). The predicted molar refractivity (Wildman–Crippen MR) is 105 cm³/mol. The van der Waals surface area contributed by atoms with Gasteiger partial charge < -0.3 is 15.5 Å². The highest BCUT2D eigenvalue weighted by molar-refractivity contribution is 5.79. The third-order valence-electron chi connectivity index (χ3n) is 7.35. The molecule has 2 N–H and O–H groups in total. The van der Waals surface area contributed by atoms with Gasteiger partial charge >= 0.3 is 6.03 Å². The van der Waals surface area contributed by atoms with Crippen LogP contribution in [0.5, 0.6) is 0 Å². The van der Waals surface area contributed by atoms with Gasteiger partial charge in [-0.15, -0.1) is 0 Å². The van der Waals surface area contributed by atoms with E-state index in [9.17, 15) is 9.59 Å². The van der Waals surface area contributed by atoms with E-state index in [1.165, 1.54) is 19.3 Å². The van der Waals surface area contributed by atoms with Gasteiger partial charge in [-0.05, 0) is 80.4 Å². The van der Waals surface area contributed by atoms with Crippen LogP contribution in [0.4, 0.5) is 4.79 Å². The lowest BCUT2D eigenvalue weighted by atomic mass is 9.53. The number of pyridine rings is 1. The van der Waals surface area contributed by atoms with Crippen molar-refractivity contribution in [1.82, 2.24) is 20.5 Å². The maximum atomic E-state index is 13.4. The van der Waals surface area contributed by atoms with E-state index in [0.717, 1.165) is 49.0 Å². The fourth-order valence-electron chi connectivity index (χ4n) is 6.58. The summed E-state index contributed by atoms with van der Waals surface area (Å²) in [5.74, 6) is 2.49. The molecule has 6 heteroatoms. The molecule has 28 heavy (non-hydrogen) atoms. The molecule has 5 aliphatic rings. The minimum absolute atomic E-state index is 0.00124. The number of aromatic nitrogens is 1. The fraction of sp³-hybridized carbons (Fsp3) is 0.682. The van der Waals surface area contributed by atoms with Crippen molar-refractivity contribution >= 4 is 11.9 Å². The molecule has 1 atom stereocenters. The van der Waals surface area contributed by atoms with E-state index < -0.39 is 0 Å². The second kappa shape index (κ2) is 7.05. The van der Waals surface area contributed by atoms with Crippen LogP contribution in [0.2, 0.25) is 0 Å². The van der Waals surface area contributed by atoms with Crippen molar-refractivity contribution in [3.05, 3.63) is 30.1 Å². The first kappa shape index (κ1) is 18.0. The van der Waals surface area contributed by atoms with Crippen LogP contribution < -0.4 is 10.6 Å². The molecule has 4 bridgehead atoms. The number of nitrogens with one attached hydrogen (secondary N) is 2. The number of hydrogen-bond acceptors (Lipinski definition) is 3. The predicted octanol–water partition coefficient (Wildman–Crippen LogP) is 2.84. The highest BCUT2D eigenvalue weighted by Crippen LogP contribution is 2.55. The summed E-state index contributed by atoms with van der Waals surface area (Å²) in [4.78, 5) is 31.0. The quantitative estimate of drug-likeness (QED) is 0.822. The summed E-state index contributed by atoms with van der Waals surface area (Å²) in [5, 5.41) is 6.50. The van der Waals surface area contributed by atoms with Crippen LogP contribution in [0.25, 0.3) is 0 Å². The summed E-state index contributed by atoms with van der Waals surface area (Å²) in [6, 6.07) is 3.99. The van der Waals surface area contributed by atoms with Crippen LogP contribution >= 0.6 is 0 Å². The minimum Gasteiger partial charge on any atom is -0.352 e. The number of carbonyl (C=O) groups excluding carboxylic acids is 2. The van der Waals surface area contributed by atoms with Crippen LogP contribution in [-0.2, 0) is 11.3 Å². The Balaban J connectivity index is 1.31. The first-order valence-electron chi connectivity index (χ1n) is 10.8. The van der Waals surface area contributed by atoms with Gasteiger partial charge in [0.2, 0.25) is 5.91 Å². The molecule has 1 aliphatic heterocycles. The Labute approximate surface area is 166 Å². The standard InChI is InChI=1S/C22H30N4O2/c27-20-2-1-19(24-20)14-26(13-15-3-5-23-6-4-15)21(28)25-22-10-16-7-17(11-22)9-18(8-16)12-22/h3-6,16-19H,1-2,7-14H2,(H,24,27)(H,25,28)/t16?,17?,18?,19-,22?/m0/s1. The summed E-state index contributed by atoms with van der Waals surface area (Å²) < 4.78 is 0. The van der Waals surface area contributed by atoms with Gasteiger partial charge in [-0.25, -0.2) is 4.79 Å². The Morgan fingerprint density at radius 3 is 2.36 bits per heavy atom. The summed E-state index contributed by atoms with van der Waals surface area (Å²) in [5.41, 5.74) is 1.07. The van der Waals surface area contributed by atoms with Crippen LogP contribution in [0.3, 0.4) is 0 Å². The van der Waals surface area contributed by atoms with Crippen molar-refractivity contribution in [2.24, 2.45) is 17.8 Å².